The van der Waals surface area contributed by atoms with E-state index in [1.54, 1.807) is 24.3 Å². The minimum absolute atomic E-state index is 0.0999. The van der Waals surface area contributed by atoms with E-state index < -0.39 is 5.82 Å². The molecule has 19 heavy (non-hydrogen) atoms. The Morgan fingerprint density at radius 3 is 2.42 bits per heavy atom. The van der Waals surface area contributed by atoms with Gasteiger partial charge in [0.25, 0.3) is 0 Å². The van der Waals surface area contributed by atoms with Crippen LogP contribution in [-0.4, -0.2) is 0 Å². The van der Waals surface area contributed by atoms with Gasteiger partial charge in [0.15, 0.2) is 0 Å². The first-order chi connectivity index (χ1) is 9.13. The second-order valence-electron chi connectivity index (χ2n) is 3.89. The van der Waals surface area contributed by atoms with Crippen LogP contribution in [0.2, 0.25) is 5.02 Å². The summed E-state index contributed by atoms with van der Waals surface area (Å²) in [6.45, 7) is 0. The molecule has 0 aliphatic heterocycles. The number of benzene rings is 2. The SMILES string of the molecule is N#C/C(=C(/N)c1ccc(Cl)cc1F)c1ccccc1. The Kier molecular flexibility index (Phi) is 3.84. The molecular formula is C15H10ClFN2. The number of allylic oxidation sites excluding steroid dienone is 1. The molecule has 0 amide bonds. The minimum Gasteiger partial charge on any atom is -0.397 e. The summed E-state index contributed by atoms with van der Waals surface area (Å²) in [6, 6.07) is 15.1. The lowest BCUT2D eigenvalue weighted by Gasteiger charge is -2.07. The van der Waals surface area contributed by atoms with Crippen molar-refractivity contribution in [2.24, 2.45) is 5.73 Å². The average Bonchev–Trinajstić information content (AvgIpc) is 2.40. The third-order valence-electron chi connectivity index (χ3n) is 2.66. The fraction of sp³-hybridized carbons (Fsp3) is 0. The van der Waals surface area contributed by atoms with E-state index in [0.29, 0.717) is 5.56 Å². The zero-order valence-electron chi connectivity index (χ0n) is 9.90. The minimum atomic E-state index is -0.548. The van der Waals surface area contributed by atoms with Gasteiger partial charge in [-0.3, -0.25) is 0 Å². The molecule has 0 saturated heterocycles. The van der Waals surface area contributed by atoms with Gasteiger partial charge in [-0.05, 0) is 23.8 Å². The Bertz CT molecular complexity index is 672. The molecule has 0 fully saturated rings. The molecule has 0 saturated carbocycles. The maximum atomic E-state index is 13.8. The third-order valence-corrected chi connectivity index (χ3v) is 2.90. The average molecular weight is 273 g/mol. The number of nitrogens with two attached hydrogens (primary N) is 1. The summed E-state index contributed by atoms with van der Waals surface area (Å²) in [5, 5.41) is 9.50. The van der Waals surface area contributed by atoms with Crippen molar-refractivity contribution in [3.63, 3.8) is 0 Å². The van der Waals surface area contributed by atoms with Crippen LogP contribution in [-0.2, 0) is 0 Å². The molecule has 94 valence electrons. The zero-order chi connectivity index (χ0) is 13.8. The van der Waals surface area contributed by atoms with Crippen LogP contribution in [0, 0.1) is 17.1 Å². The predicted octanol–water partition coefficient (Wildman–Crippen LogP) is 3.83. The number of hydrogen-bond acceptors (Lipinski definition) is 2. The van der Waals surface area contributed by atoms with Crippen molar-refractivity contribution >= 4 is 22.9 Å². The fourth-order valence-corrected chi connectivity index (χ4v) is 1.89. The van der Waals surface area contributed by atoms with Crippen molar-refractivity contribution in [3.8, 4) is 6.07 Å². The Morgan fingerprint density at radius 1 is 1.16 bits per heavy atom. The lowest BCUT2D eigenvalue weighted by molar-refractivity contribution is 0.624. The highest BCUT2D eigenvalue weighted by atomic mass is 35.5. The Labute approximate surface area is 115 Å². The van der Waals surface area contributed by atoms with Gasteiger partial charge in [-0.2, -0.15) is 5.26 Å². The summed E-state index contributed by atoms with van der Waals surface area (Å²) in [4.78, 5) is 0. The van der Waals surface area contributed by atoms with Gasteiger partial charge in [-0.15, -0.1) is 0 Å². The summed E-state index contributed by atoms with van der Waals surface area (Å²) in [5.74, 6) is -0.548. The molecule has 2 aromatic carbocycles. The summed E-state index contributed by atoms with van der Waals surface area (Å²) >= 11 is 5.69. The van der Waals surface area contributed by atoms with Gasteiger partial charge in [-0.1, -0.05) is 41.9 Å². The molecule has 0 bridgehead atoms. The van der Waals surface area contributed by atoms with Crippen molar-refractivity contribution in [1.82, 2.24) is 0 Å². The van der Waals surface area contributed by atoms with Gasteiger partial charge in [-0.25, -0.2) is 4.39 Å². The molecule has 0 spiro atoms. The lowest BCUT2D eigenvalue weighted by atomic mass is 10.0. The van der Waals surface area contributed by atoms with Gasteiger partial charge in [0, 0.05) is 10.6 Å². The Morgan fingerprint density at radius 2 is 1.84 bits per heavy atom. The summed E-state index contributed by atoms with van der Waals surface area (Å²) < 4.78 is 13.8. The van der Waals surface area contributed by atoms with Gasteiger partial charge in [0.05, 0.1) is 11.3 Å². The maximum Gasteiger partial charge on any atom is 0.134 e. The molecule has 0 aromatic heterocycles. The van der Waals surface area contributed by atoms with E-state index in [1.165, 1.54) is 18.2 Å². The van der Waals surface area contributed by atoms with Crippen LogP contribution in [0.4, 0.5) is 4.39 Å². The first kappa shape index (κ1) is 13.1. The van der Waals surface area contributed by atoms with Crippen molar-refractivity contribution < 1.29 is 4.39 Å². The number of rotatable bonds is 2. The second-order valence-corrected chi connectivity index (χ2v) is 4.33. The predicted molar refractivity (Wildman–Crippen MR) is 74.5 cm³/mol. The van der Waals surface area contributed by atoms with Gasteiger partial charge in [0.2, 0.25) is 0 Å². The summed E-state index contributed by atoms with van der Waals surface area (Å²) in [5.41, 5.74) is 7.07. The molecule has 0 radical (unpaired) electrons. The van der Waals surface area contributed by atoms with Crippen LogP contribution in [0.5, 0.6) is 0 Å². The van der Waals surface area contributed by atoms with Gasteiger partial charge >= 0.3 is 0 Å². The zero-order valence-corrected chi connectivity index (χ0v) is 10.7. The van der Waals surface area contributed by atoms with Crippen molar-refractivity contribution in [2.45, 2.75) is 0 Å². The normalized spacial score (nSPS) is 11.6. The monoisotopic (exact) mass is 272 g/mol. The topological polar surface area (TPSA) is 49.8 Å². The Balaban J connectivity index is 2.59. The van der Waals surface area contributed by atoms with E-state index in [4.69, 9.17) is 17.3 Å². The highest BCUT2D eigenvalue weighted by Gasteiger charge is 2.12. The first-order valence-electron chi connectivity index (χ1n) is 5.54. The van der Waals surface area contributed by atoms with Crippen molar-refractivity contribution in [3.05, 3.63) is 70.5 Å². The van der Waals surface area contributed by atoms with E-state index in [2.05, 4.69) is 0 Å². The standard InChI is InChI=1S/C15H10ClFN2/c16-11-6-7-12(14(17)8-11)15(19)13(9-18)10-4-2-1-3-5-10/h1-8H,19H2/b15-13-. The van der Waals surface area contributed by atoms with E-state index >= 15 is 0 Å². The molecule has 2 nitrogen and oxygen atoms in total. The molecule has 2 rings (SSSR count). The first-order valence-corrected chi connectivity index (χ1v) is 5.92. The molecule has 4 heteroatoms. The molecular weight excluding hydrogens is 263 g/mol. The van der Waals surface area contributed by atoms with E-state index in [1.807, 2.05) is 12.1 Å². The quantitative estimate of drug-likeness (QED) is 0.667. The molecule has 2 N–H and O–H groups in total. The van der Waals surface area contributed by atoms with Crippen LogP contribution < -0.4 is 5.73 Å². The molecule has 0 aliphatic rings. The van der Waals surface area contributed by atoms with Crippen LogP contribution >= 0.6 is 11.6 Å². The van der Waals surface area contributed by atoms with E-state index in [-0.39, 0.29) is 21.9 Å². The number of hydrogen-bond donors (Lipinski definition) is 1. The van der Waals surface area contributed by atoms with Crippen molar-refractivity contribution in [1.29, 1.82) is 5.26 Å². The molecule has 0 unspecified atom stereocenters. The number of halogens is 2. The third kappa shape index (κ3) is 2.75. The van der Waals surface area contributed by atoms with Crippen LogP contribution in [0.25, 0.3) is 11.3 Å². The molecule has 0 heterocycles. The van der Waals surface area contributed by atoms with Crippen molar-refractivity contribution in [2.75, 3.05) is 0 Å². The van der Waals surface area contributed by atoms with Crippen LogP contribution in [0.1, 0.15) is 11.1 Å². The smallest absolute Gasteiger partial charge is 0.134 e. The highest BCUT2D eigenvalue weighted by Crippen LogP contribution is 2.25. The van der Waals surface area contributed by atoms with Crippen LogP contribution in [0.3, 0.4) is 0 Å². The lowest BCUT2D eigenvalue weighted by Crippen LogP contribution is -2.03. The van der Waals surface area contributed by atoms with Gasteiger partial charge < -0.3 is 5.73 Å². The summed E-state index contributed by atoms with van der Waals surface area (Å²) in [7, 11) is 0. The maximum absolute atomic E-state index is 13.8. The van der Waals surface area contributed by atoms with Crippen LogP contribution in [0.15, 0.2) is 48.5 Å². The molecule has 0 atom stereocenters. The van der Waals surface area contributed by atoms with E-state index in [0.717, 1.165) is 0 Å². The Hall–Kier alpha value is -2.31. The second kappa shape index (κ2) is 5.55. The number of nitrogens with zero attached hydrogens (tertiary/aromatic N) is 1. The largest absolute Gasteiger partial charge is 0.397 e. The summed E-state index contributed by atoms with van der Waals surface area (Å²) in [6.07, 6.45) is 0. The highest BCUT2D eigenvalue weighted by molar-refractivity contribution is 6.30. The van der Waals surface area contributed by atoms with Gasteiger partial charge in [0.1, 0.15) is 11.9 Å². The van der Waals surface area contributed by atoms with E-state index in [9.17, 15) is 9.65 Å². The molecule has 0 aliphatic carbocycles. The molecule has 2 aromatic rings. The fourth-order valence-electron chi connectivity index (χ4n) is 1.73. The number of nitriles is 1.